The average molecular weight is 367 g/mol. The number of pyridine rings is 1. The molecule has 1 aromatic rings. The van der Waals surface area contributed by atoms with E-state index >= 15 is 0 Å². The van der Waals surface area contributed by atoms with Gasteiger partial charge in [-0.15, -0.1) is 0 Å². The number of nitrogens with two attached hydrogens (primary N) is 1. The van der Waals surface area contributed by atoms with Gasteiger partial charge in [0.15, 0.2) is 0 Å². The Morgan fingerprint density at radius 1 is 1.29 bits per heavy atom. The van der Waals surface area contributed by atoms with E-state index in [1.807, 2.05) is 0 Å². The van der Waals surface area contributed by atoms with Crippen LogP contribution in [0.3, 0.4) is 0 Å². The van der Waals surface area contributed by atoms with E-state index in [2.05, 4.69) is 4.98 Å². The minimum absolute atomic E-state index is 0.0197. The summed E-state index contributed by atoms with van der Waals surface area (Å²) in [6, 6.07) is 1.62. The lowest BCUT2D eigenvalue weighted by molar-refractivity contribution is -0.141. The maximum atomic E-state index is 12.5. The van der Waals surface area contributed by atoms with Gasteiger partial charge in [0.25, 0.3) is 0 Å². The van der Waals surface area contributed by atoms with Gasteiger partial charge in [-0.3, -0.25) is 4.98 Å². The number of hydrogen-bond acceptors (Lipinski definition) is 5. The van der Waals surface area contributed by atoms with E-state index in [9.17, 15) is 21.6 Å². The Hall–Kier alpha value is -1.23. The number of alkyl halides is 3. The maximum Gasteiger partial charge on any atom is 0.433 e. The molecule has 0 amide bonds. The molecule has 10 heteroatoms. The fourth-order valence-corrected chi connectivity index (χ4v) is 3.84. The molecule has 136 valence electrons. The molecule has 0 saturated carbocycles. The lowest BCUT2D eigenvalue weighted by atomic mass is 10.1. The number of rotatable bonds is 6. The van der Waals surface area contributed by atoms with Crippen LogP contribution >= 0.6 is 0 Å². The van der Waals surface area contributed by atoms with E-state index < -0.39 is 21.9 Å². The second-order valence-corrected chi connectivity index (χ2v) is 7.43. The maximum absolute atomic E-state index is 12.5. The van der Waals surface area contributed by atoms with Crippen molar-refractivity contribution >= 4 is 10.0 Å². The van der Waals surface area contributed by atoms with Crippen molar-refractivity contribution in [2.45, 2.75) is 36.4 Å². The summed E-state index contributed by atoms with van der Waals surface area (Å²) in [6.45, 7) is 1.60. The molecule has 0 bridgehead atoms. The number of halogens is 3. The van der Waals surface area contributed by atoms with Crippen LogP contribution in [0.15, 0.2) is 23.2 Å². The lowest BCUT2D eigenvalue weighted by Gasteiger charge is -2.31. The number of aromatic nitrogens is 1. The quantitative estimate of drug-likeness (QED) is 0.773. The third-order valence-corrected chi connectivity index (χ3v) is 5.65. The molecular weight excluding hydrogens is 347 g/mol. The van der Waals surface area contributed by atoms with E-state index in [1.165, 1.54) is 4.31 Å². The molecule has 1 aromatic heterocycles. The topological polar surface area (TPSA) is 85.5 Å². The molecule has 6 nitrogen and oxygen atoms in total. The molecule has 0 radical (unpaired) electrons. The highest BCUT2D eigenvalue weighted by Gasteiger charge is 2.34. The van der Waals surface area contributed by atoms with Crippen LogP contribution in [-0.2, 0) is 20.9 Å². The van der Waals surface area contributed by atoms with Crippen molar-refractivity contribution < 1.29 is 26.3 Å². The molecule has 0 aliphatic carbocycles. The predicted molar refractivity (Wildman–Crippen MR) is 80.6 cm³/mol. The van der Waals surface area contributed by atoms with Crippen LogP contribution in [0.4, 0.5) is 13.2 Å². The lowest BCUT2D eigenvalue weighted by Crippen LogP contribution is -2.41. The monoisotopic (exact) mass is 367 g/mol. The SMILES string of the molecule is NCCCOC1CCN(S(=O)(=O)c2ccc(C(F)(F)F)nc2)CC1. The van der Waals surface area contributed by atoms with Gasteiger partial charge in [0.2, 0.25) is 10.0 Å². The molecule has 2 heterocycles. The number of nitrogens with zero attached hydrogens (tertiary/aromatic N) is 2. The molecule has 0 atom stereocenters. The molecule has 2 N–H and O–H groups in total. The zero-order valence-corrected chi connectivity index (χ0v) is 13.8. The highest BCUT2D eigenvalue weighted by atomic mass is 32.2. The molecule has 1 aliphatic heterocycles. The summed E-state index contributed by atoms with van der Waals surface area (Å²) in [5.74, 6) is 0. The van der Waals surface area contributed by atoms with Crippen LogP contribution in [0.5, 0.6) is 0 Å². The van der Waals surface area contributed by atoms with Crippen molar-refractivity contribution in [1.29, 1.82) is 0 Å². The Labute approximate surface area is 138 Å². The van der Waals surface area contributed by atoms with Crippen molar-refractivity contribution in [3.8, 4) is 0 Å². The molecule has 1 saturated heterocycles. The van der Waals surface area contributed by atoms with Gasteiger partial charge in [-0.2, -0.15) is 17.5 Å². The largest absolute Gasteiger partial charge is 0.433 e. The van der Waals surface area contributed by atoms with Crippen molar-refractivity contribution in [3.05, 3.63) is 24.0 Å². The van der Waals surface area contributed by atoms with Gasteiger partial charge < -0.3 is 10.5 Å². The van der Waals surface area contributed by atoms with Crippen LogP contribution < -0.4 is 5.73 Å². The summed E-state index contributed by atoms with van der Waals surface area (Å²) in [5.41, 5.74) is 4.26. The molecule has 0 aromatic carbocycles. The molecule has 1 fully saturated rings. The Kier molecular flexibility index (Phi) is 6.18. The fourth-order valence-electron chi connectivity index (χ4n) is 2.42. The Bertz CT molecular complexity index is 627. The highest BCUT2D eigenvalue weighted by molar-refractivity contribution is 7.89. The van der Waals surface area contributed by atoms with Gasteiger partial charge in [0.1, 0.15) is 10.6 Å². The number of hydrogen-bond donors (Lipinski definition) is 1. The first kappa shape index (κ1) is 19.1. The summed E-state index contributed by atoms with van der Waals surface area (Å²) in [7, 11) is -3.84. The van der Waals surface area contributed by atoms with E-state index in [0.29, 0.717) is 32.1 Å². The Balaban J connectivity index is 1.99. The van der Waals surface area contributed by atoms with Gasteiger partial charge in [-0.1, -0.05) is 0 Å². The first-order valence-corrected chi connectivity index (χ1v) is 9.04. The van der Waals surface area contributed by atoms with Gasteiger partial charge >= 0.3 is 6.18 Å². The van der Waals surface area contributed by atoms with Gasteiger partial charge in [-0.05, 0) is 37.9 Å². The minimum atomic E-state index is -4.60. The summed E-state index contributed by atoms with van der Waals surface area (Å²) in [6.07, 6.45) is -2.04. The second kappa shape index (κ2) is 7.77. The molecule has 24 heavy (non-hydrogen) atoms. The molecule has 2 rings (SSSR count). The normalized spacial score (nSPS) is 18.0. The fraction of sp³-hybridized carbons (Fsp3) is 0.643. The van der Waals surface area contributed by atoms with Crippen molar-refractivity contribution in [2.75, 3.05) is 26.2 Å². The first-order chi connectivity index (χ1) is 11.2. The van der Waals surface area contributed by atoms with Crippen molar-refractivity contribution in [2.24, 2.45) is 5.73 Å². The summed E-state index contributed by atoms with van der Waals surface area (Å²) >= 11 is 0. The minimum Gasteiger partial charge on any atom is -0.378 e. The van der Waals surface area contributed by atoms with E-state index in [1.54, 1.807) is 0 Å². The third kappa shape index (κ3) is 4.65. The number of piperidine rings is 1. The first-order valence-electron chi connectivity index (χ1n) is 7.60. The van der Waals surface area contributed by atoms with Crippen LogP contribution in [0.25, 0.3) is 0 Å². The second-order valence-electron chi connectivity index (χ2n) is 5.49. The summed E-state index contributed by atoms with van der Waals surface area (Å²) in [4.78, 5) is 2.97. The molecule has 0 unspecified atom stereocenters. The average Bonchev–Trinajstić information content (AvgIpc) is 2.55. The number of ether oxygens (including phenoxy) is 1. The van der Waals surface area contributed by atoms with Gasteiger partial charge in [0, 0.05) is 25.9 Å². The van der Waals surface area contributed by atoms with Crippen molar-refractivity contribution in [3.63, 3.8) is 0 Å². The van der Waals surface area contributed by atoms with Crippen LogP contribution in [0, 0.1) is 0 Å². The highest BCUT2D eigenvalue weighted by Crippen LogP contribution is 2.28. The Morgan fingerprint density at radius 2 is 1.96 bits per heavy atom. The van der Waals surface area contributed by atoms with Crippen LogP contribution in [-0.4, -0.2) is 50.1 Å². The van der Waals surface area contributed by atoms with E-state index in [0.717, 1.165) is 18.7 Å². The predicted octanol–water partition coefficient (Wildman–Crippen LogP) is 1.62. The van der Waals surface area contributed by atoms with E-state index in [4.69, 9.17) is 10.5 Å². The summed E-state index contributed by atoms with van der Waals surface area (Å²) in [5, 5.41) is 0. The summed E-state index contributed by atoms with van der Waals surface area (Å²) < 4.78 is 69.3. The molecule has 1 aliphatic rings. The van der Waals surface area contributed by atoms with Crippen LogP contribution in [0.2, 0.25) is 0 Å². The smallest absolute Gasteiger partial charge is 0.378 e. The standard InChI is InChI=1S/C14H20F3N3O3S/c15-14(16,17)13-3-2-12(10-19-13)24(21,22)20-7-4-11(5-8-20)23-9-1-6-18/h2-3,10-11H,1,4-9,18H2. The van der Waals surface area contributed by atoms with Crippen molar-refractivity contribution in [1.82, 2.24) is 9.29 Å². The zero-order chi connectivity index (χ0) is 17.8. The molecule has 0 spiro atoms. The molecular formula is C14H20F3N3O3S. The Morgan fingerprint density at radius 3 is 2.46 bits per heavy atom. The number of sulfonamides is 1. The third-order valence-electron chi connectivity index (χ3n) is 3.77. The zero-order valence-electron chi connectivity index (χ0n) is 13.0. The van der Waals surface area contributed by atoms with Gasteiger partial charge in [0.05, 0.1) is 6.10 Å². The van der Waals surface area contributed by atoms with E-state index in [-0.39, 0.29) is 24.1 Å². The van der Waals surface area contributed by atoms with Gasteiger partial charge in [-0.25, -0.2) is 8.42 Å². The van der Waals surface area contributed by atoms with Crippen LogP contribution in [0.1, 0.15) is 25.0 Å².